The van der Waals surface area contributed by atoms with Crippen molar-refractivity contribution in [2.75, 3.05) is 11.9 Å². The normalized spacial score (nSPS) is 15.3. The van der Waals surface area contributed by atoms with Gasteiger partial charge in [-0.25, -0.2) is 0 Å². The zero-order valence-electron chi connectivity index (χ0n) is 13.9. The SMILES string of the molecule is CC(C)CNc1nnc(S[C@H](C(=O)NC2CC2)c2ccccc2)s1. The van der Waals surface area contributed by atoms with Gasteiger partial charge >= 0.3 is 0 Å². The average Bonchev–Trinajstić information content (AvgIpc) is 3.27. The van der Waals surface area contributed by atoms with E-state index in [1.165, 1.54) is 23.1 Å². The van der Waals surface area contributed by atoms with Gasteiger partial charge in [0.25, 0.3) is 0 Å². The number of aromatic nitrogens is 2. The zero-order chi connectivity index (χ0) is 16.9. The van der Waals surface area contributed by atoms with E-state index in [9.17, 15) is 4.79 Å². The van der Waals surface area contributed by atoms with Crippen molar-refractivity contribution in [3.05, 3.63) is 35.9 Å². The molecule has 24 heavy (non-hydrogen) atoms. The highest BCUT2D eigenvalue weighted by Crippen LogP contribution is 2.38. The van der Waals surface area contributed by atoms with Crippen molar-refractivity contribution < 1.29 is 4.79 Å². The Labute approximate surface area is 150 Å². The van der Waals surface area contributed by atoms with E-state index >= 15 is 0 Å². The molecule has 7 heteroatoms. The zero-order valence-corrected chi connectivity index (χ0v) is 15.5. The maximum absolute atomic E-state index is 12.6. The lowest BCUT2D eigenvalue weighted by Crippen LogP contribution is -2.29. The first-order valence-corrected chi connectivity index (χ1v) is 9.91. The van der Waals surface area contributed by atoms with E-state index < -0.39 is 0 Å². The van der Waals surface area contributed by atoms with Gasteiger partial charge in [0.1, 0.15) is 5.25 Å². The fourth-order valence-electron chi connectivity index (χ4n) is 2.13. The van der Waals surface area contributed by atoms with Crippen molar-refractivity contribution in [3.8, 4) is 0 Å². The molecule has 1 atom stereocenters. The number of benzene rings is 1. The molecular formula is C17H22N4OS2. The molecular weight excluding hydrogens is 340 g/mol. The lowest BCUT2D eigenvalue weighted by Gasteiger charge is -2.15. The Balaban J connectivity index is 1.70. The van der Waals surface area contributed by atoms with Crippen LogP contribution in [-0.4, -0.2) is 28.7 Å². The van der Waals surface area contributed by atoms with Crippen LogP contribution >= 0.6 is 23.1 Å². The molecule has 128 valence electrons. The summed E-state index contributed by atoms with van der Waals surface area (Å²) >= 11 is 2.97. The Bertz CT molecular complexity index is 670. The topological polar surface area (TPSA) is 66.9 Å². The number of hydrogen-bond acceptors (Lipinski definition) is 6. The Morgan fingerprint density at radius 1 is 1.29 bits per heavy atom. The summed E-state index contributed by atoms with van der Waals surface area (Å²) in [6.07, 6.45) is 2.17. The van der Waals surface area contributed by atoms with Crippen molar-refractivity contribution in [1.29, 1.82) is 0 Å². The Morgan fingerprint density at radius 2 is 2.04 bits per heavy atom. The van der Waals surface area contributed by atoms with Gasteiger partial charge in [-0.3, -0.25) is 4.79 Å². The van der Waals surface area contributed by atoms with Crippen LogP contribution in [0, 0.1) is 5.92 Å². The number of thioether (sulfide) groups is 1. The molecule has 0 bridgehead atoms. The first-order valence-electron chi connectivity index (χ1n) is 8.21. The first kappa shape index (κ1) is 17.2. The number of carbonyl (C=O) groups excluding carboxylic acids is 1. The molecule has 1 heterocycles. The van der Waals surface area contributed by atoms with Crippen LogP contribution < -0.4 is 10.6 Å². The molecule has 1 amide bonds. The number of rotatable bonds is 8. The fourth-order valence-corrected chi connectivity index (χ4v) is 4.09. The van der Waals surface area contributed by atoms with E-state index in [1.54, 1.807) is 0 Å². The van der Waals surface area contributed by atoms with Crippen molar-refractivity contribution in [2.24, 2.45) is 5.92 Å². The molecule has 1 aromatic heterocycles. The second kappa shape index (κ2) is 7.98. The third kappa shape index (κ3) is 4.95. The highest BCUT2D eigenvalue weighted by atomic mass is 32.2. The molecule has 1 saturated carbocycles. The van der Waals surface area contributed by atoms with Gasteiger partial charge in [-0.05, 0) is 24.3 Å². The maximum atomic E-state index is 12.6. The predicted molar refractivity (Wildman–Crippen MR) is 99.4 cm³/mol. The molecule has 1 aromatic carbocycles. The van der Waals surface area contributed by atoms with Gasteiger partial charge in [0.15, 0.2) is 4.34 Å². The fraction of sp³-hybridized carbons (Fsp3) is 0.471. The van der Waals surface area contributed by atoms with Gasteiger partial charge in [0.05, 0.1) is 0 Å². The lowest BCUT2D eigenvalue weighted by atomic mass is 10.1. The van der Waals surface area contributed by atoms with E-state index in [0.29, 0.717) is 12.0 Å². The summed E-state index contributed by atoms with van der Waals surface area (Å²) in [5.74, 6) is 0.604. The number of anilines is 1. The molecule has 0 spiro atoms. The molecule has 1 fully saturated rings. The van der Waals surface area contributed by atoms with Crippen LogP contribution in [-0.2, 0) is 4.79 Å². The summed E-state index contributed by atoms with van der Waals surface area (Å²) in [6, 6.07) is 10.2. The standard InChI is InChI=1S/C17H22N4OS2/c1-11(2)10-18-16-20-21-17(24-16)23-14(12-6-4-3-5-7-12)15(22)19-13-8-9-13/h3-7,11,13-14H,8-10H2,1-2H3,(H,18,20)(H,19,22)/t14-/m0/s1. The average molecular weight is 363 g/mol. The summed E-state index contributed by atoms with van der Waals surface area (Å²) in [4.78, 5) is 12.6. The third-order valence-corrected chi connectivity index (χ3v) is 5.77. The van der Waals surface area contributed by atoms with E-state index in [1.807, 2.05) is 30.3 Å². The van der Waals surface area contributed by atoms with Crippen molar-refractivity contribution in [2.45, 2.75) is 42.3 Å². The van der Waals surface area contributed by atoms with Crippen LogP contribution in [0.15, 0.2) is 34.7 Å². The van der Waals surface area contributed by atoms with Crippen molar-refractivity contribution >= 4 is 34.1 Å². The van der Waals surface area contributed by atoms with Crippen LogP contribution in [0.1, 0.15) is 37.5 Å². The summed E-state index contributed by atoms with van der Waals surface area (Å²) in [5.41, 5.74) is 0.993. The number of carbonyl (C=O) groups is 1. The quantitative estimate of drug-likeness (QED) is 0.701. The summed E-state index contributed by atoms with van der Waals surface area (Å²) in [5, 5.41) is 15.3. The van der Waals surface area contributed by atoms with Crippen LogP contribution in [0.2, 0.25) is 0 Å². The minimum absolute atomic E-state index is 0.0561. The van der Waals surface area contributed by atoms with Crippen LogP contribution in [0.25, 0.3) is 0 Å². The number of nitrogens with one attached hydrogen (secondary N) is 2. The largest absolute Gasteiger partial charge is 0.360 e. The molecule has 1 aliphatic rings. The van der Waals surface area contributed by atoms with Gasteiger partial charge in [0, 0.05) is 12.6 Å². The van der Waals surface area contributed by atoms with E-state index in [-0.39, 0.29) is 11.2 Å². The van der Waals surface area contributed by atoms with E-state index in [2.05, 4.69) is 34.7 Å². The maximum Gasteiger partial charge on any atom is 0.238 e. The summed E-state index contributed by atoms with van der Waals surface area (Å²) in [7, 11) is 0. The molecule has 3 rings (SSSR count). The molecule has 0 unspecified atom stereocenters. The molecule has 0 saturated heterocycles. The number of hydrogen-bond donors (Lipinski definition) is 2. The highest BCUT2D eigenvalue weighted by Gasteiger charge is 2.29. The van der Waals surface area contributed by atoms with E-state index in [0.717, 1.165) is 34.4 Å². The minimum atomic E-state index is -0.294. The van der Waals surface area contributed by atoms with Crippen molar-refractivity contribution in [1.82, 2.24) is 15.5 Å². The highest BCUT2D eigenvalue weighted by molar-refractivity contribution is 8.01. The monoisotopic (exact) mass is 362 g/mol. The van der Waals surface area contributed by atoms with Gasteiger partial charge < -0.3 is 10.6 Å². The number of nitrogens with zero attached hydrogens (tertiary/aromatic N) is 2. The molecule has 5 nitrogen and oxygen atoms in total. The molecule has 2 N–H and O–H groups in total. The van der Waals surface area contributed by atoms with E-state index in [4.69, 9.17) is 0 Å². The second-order valence-corrected chi connectivity index (χ2v) is 8.67. The Kier molecular flexibility index (Phi) is 5.73. The van der Waals surface area contributed by atoms with Crippen molar-refractivity contribution in [3.63, 3.8) is 0 Å². The molecule has 0 radical (unpaired) electrons. The van der Waals surface area contributed by atoms with Crippen LogP contribution in [0.3, 0.4) is 0 Å². The molecule has 1 aliphatic carbocycles. The minimum Gasteiger partial charge on any atom is -0.360 e. The smallest absolute Gasteiger partial charge is 0.238 e. The van der Waals surface area contributed by atoms with Gasteiger partial charge in [0.2, 0.25) is 11.0 Å². The molecule has 2 aromatic rings. The van der Waals surface area contributed by atoms with Gasteiger partial charge in [-0.2, -0.15) is 0 Å². The second-order valence-electron chi connectivity index (χ2n) is 6.34. The number of amides is 1. The Morgan fingerprint density at radius 3 is 2.71 bits per heavy atom. The molecule has 0 aliphatic heterocycles. The third-order valence-electron chi connectivity index (χ3n) is 3.55. The van der Waals surface area contributed by atoms with Gasteiger partial charge in [-0.15, -0.1) is 10.2 Å². The lowest BCUT2D eigenvalue weighted by molar-refractivity contribution is -0.120. The van der Waals surface area contributed by atoms with Crippen LogP contribution in [0.5, 0.6) is 0 Å². The van der Waals surface area contributed by atoms with Gasteiger partial charge in [-0.1, -0.05) is 67.3 Å². The predicted octanol–water partition coefficient (Wildman–Crippen LogP) is 3.72. The first-order chi connectivity index (χ1) is 11.6. The van der Waals surface area contributed by atoms with Crippen LogP contribution in [0.4, 0.5) is 5.13 Å². The Hall–Kier alpha value is -1.60. The summed E-state index contributed by atoms with van der Waals surface area (Å²) in [6.45, 7) is 5.16. The summed E-state index contributed by atoms with van der Waals surface area (Å²) < 4.78 is 0.807.